The van der Waals surface area contributed by atoms with Crippen molar-refractivity contribution < 1.29 is 23.4 Å². The lowest BCUT2D eigenvalue weighted by Gasteiger charge is -2.14. The van der Waals surface area contributed by atoms with Gasteiger partial charge in [-0.05, 0) is 18.6 Å². The maximum Gasteiger partial charge on any atom is 0.387 e. The Morgan fingerprint density at radius 1 is 1.22 bits per heavy atom. The van der Waals surface area contributed by atoms with E-state index in [9.17, 15) is 18.7 Å². The zero-order chi connectivity index (χ0) is 16.8. The smallest absolute Gasteiger partial charge is 0.387 e. The fourth-order valence-electron chi connectivity index (χ4n) is 2.12. The van der Waals surface area contributed by atoms with E-state index in [4.69, 9.17) is 0 Å². The second kappa shape index (κ2) is 7.69. The number of halogens is 2. The normalized spacial score (nSPS) is 12.0. The average Bonchev–Trinajstić information content (AvgIpc) is 2.54. The highest BCUT2D eigenvalue weighted by Crippen LogP contribution is 2.22. The van der Waals surface area contributed by atoms with Crippen LogP contribution in [0, 0.1) is 6.92 Å². The first-order valence-corrected chi connectivity index (χ1v) is 7.02. The zero-order valence-electron chi connectivity index (χ0n) is 12.5. The second-order valence-electron chi connectivity index (χ2n) is 5.02. The van der Waals surface area contributed by atoms with Crippen molar-refractivity contribution in [3.63, 3.8) is 0 Å². The van der Waals surface area contributed by atoms with Crippen molar-refractivity contribution in [1.82, 2.24) is 5.32 Å². The number of nitrogens with one attached hydrogen (secondary N) is 1. The highest BCUT2D eigenvalue weighted by Gasteiger charge is 2.17. The third-order valence-corrected chi connectivity index (χ3v) is 3.25. The molecule has 0 aliphatic heterocycles. The number of hydrogen-bond acceptors (Lipinski definition) is 3. The summed E-state index contributed by atoms with van der Waals surface area (Å²) >= 11 is 0. The van der Waals surface area contributed by atoms with E-state index in [1.807, 2.05) is 0 Å². The van der Waals surface area contributed by atoms with Gasteiger partial charge < -0.3 is 15.2 Å². The first kappa shape index (κ1) is 16.9. The molecule has 6 heteroatoms. The van der Waals surface area contributed by atoms with Gasteiger partial charge in [-0.2, -0.15) is 8.78 Å². The molecule has 0 radical (unpaired) electrons. The van der Waals surface area contributed by atoms with Gasteiger partial charge in [0.05, 0.1) is 0 Å². The minimum absolute atomic E-state index is 0.0000934. The molecule has 2 rings (SSSR count). The van der Waals surface area contributed by atoms with E-state index in [-0.39, 0.29) is 12.3 Å². The minimum Gasteiger partial charge on any atom is -0.434 e. The second-order valence-corrected chi connectivity index (χ2v) is 5.02. The molecule has 1 amide bonds. The largest absolute Gasteiger partial charge is 0.434 e. The van der Waals surface area contributed by atoms with Gasteiger partial charge in [-0.1, -0.05) is 48.0 Å². The number of amides is 1. The van der Waals surface area contributed by atoms with Crippen molar-refractivity contribution in [1.29, 1.82) is 0 Å². The zero-order valence-corrected chi connectivity index (χ0v) is 12.5. The number of benzene rings is 2. The van der Waals surface area contributed by atoms with E-state index in [0.717, 1.165) is 5.56 Å². The van der Waals surface area contributed by atoms with Gasteiger partial charge in [0.2, 0.25) is 0 Å². The standard InChI is InChI=1S/C17H17F2NO3/c1-11-7-8-14(23-17(18)19)13(9-11)10-20-16(22)15(21)12-5-3-2-4-6-12/h2-9,15,17,21H,10H2,1H3,(H,20,22). The monoisotopic (exact) mass is 321 g/mol. The summed E-state index contributed by atoms with van der Waals surface area (Å²) in [5.74, 6) is -0.610. The number of hydrogen-bond donors (Lipinski definition) is 2. The van der Waals surface area contributed by atoms with Gasteiger partial charge in [-0.25, -0.2) is 0 Å². The van der Waals surface area contributed by atoms with Gasteiger partial charge in [0.15, 0.2) is 6.10 Å². The summed E-state index contributed by atoms with van der Waals surface area (Å²) in [6.45, 7) is -1.16. The van der Waals surface area contributed by atoms with Crippen molar-refractivity contribution in [2.24, 2.45) is 0 Å². The summed E-state index contributed by atoms with van der Waals surface area (Å²) < 4.78 is 29.2. The van der Waals surface area contributed by atoms with Crippen LogP contribution in [0.25, 0.3) is 0 Å². The maximum atomic E-state index is 12.4. The molecular formula is C17H17F2NO3. The maximum absolute atomic E-state index is 12.4. The first-order valence-electron chi connectivity index (χ1n) is 7.02. The van der Waals surface area contributed by atoms with Crippen LogP contribution in [0.4, 0.5) is 8.78 Å². The van der Waals surface area contributed by atoms with Gasteiger partial charge >= 0.3 is 6.61 Å². The molecule has 2 aromatic carbocycles. The topological polar surface area (TPSA) is 58.6 Å². The van der Waals surface area contributed by atoms with Crippen LogP contribution in [0.15, 0.2) is 48.5 Å². The van der Waals surface area contributed by atoms with E-state index < -0.39 is 18.6 Å². The number of carbonyl (C=O) groups is 1. The van der Waals surface area contributed by atoms with Gasteiger partial charge in [0, 0.05) is 12.1 Å². The van der Waals surface area contributed by atoms with Crippen molar-refractivity contribution in [3.05, 3.63) is 65.2 Å². The molecule has 0 aliphatic rings. The lowest BCUT2D eigenvalue weighted by Crippen LogP contribution is -2.29. The molecule has 0 saturated carbocycles. The highest BCUT2D eigenvalue weighted by atomic mass is 19.3. The fraction of sp³-hybridized carbons (Fsp3) is 0.235. The van der Waals surface area contributed by atoms with Crippen LogP contribution in [0.2, 0.25) is 0 Å². The molecule has 1 atom stereocenters. The van der Waals surface area contributed by atoms with Crippen LogP contribution in [0.5, 0.6) is 5.75 Å². The minimum atomic E-state index is -2.94. The molecule has 0 bridgehead atoms. The molecule has 23 heavy (non-hydrogen) atoms. The number of carbonyl (C=O) groups excluding carboxylic acids is 1. The summed E-state index contributed by atoms with van der Waals surface area (Å²) in [7, 11) is 0. The SMILES string of the molecule is Cc1ccc(OC(F)F)c(CNC(=O)C(O)c2ccccc2)c1. The molecule has 122 valence electrons. The molecule has 0 fully saturated rings. The Hall–Kier alpha value is -2.47. The van der Waals surface area contributed by atoms with Crippen LogP contribution in [-0.4, -0.2) is 17.6 Å². The van der Waals surface area contributed by atoms with E-state index in [0.29, 0.717) is 11.1 Å². The van der Waals surface area contributed by atoms with E-state index >= 15 is 0 Å². The third-order valence-electron chi connectivity index (χ3n) is 3.25. The van der Waals surface area contributed by atoms with Gasteiger partial charge in [0.25, 0.3) is 5.91 Å². The summed E-state index contributed by atoms with van der Waals surface area (Å²) in [5, 5.41) is 12.5. The predicted molar refractivity (Wildman–Crippen MR) is 81.1 cm³/mol. The van der Waals surface area contributed by atoms with Gasteiger partial charge in [-0.15, -0.1) is 0 Å². The molecule has 0 aromatic heterocycles. The Kier molecular flexibility index (Phi) is 5.65. The Morgan fingerprint density at radius 2 is 1.91 bits per heavy atom. The van der Waals surface area contributed by atoms with Crippen molar-refractivity contribution in [2.45, 2.75) is 26.2 Å². The first-order chi connectivity index (χ1) is 11.0. The van der Waals surface area contributed by atoms with E-state index in [1.54, 1.807) is 49.4 Å². The van der Waals surface area contributed by atoms with E-state index in [1.165, 1.54) is 6.07 Å². The van der Waals surface area contributed by atoms with Crippen molar-refractivity contribution in [3.8, 4) is 5.75 Å². The summed E-state index contributed by atoms with van der Waals surface area (Å²) in [5.41, 5.74) is 1.72. The van der Waals surface area contributed by atoms with Crippen LogP contribution in [0.3, 0.4) is 0 Å². The molecular weight excluding hydrogens is 304 g/mol. The highest BCUT2D eigenvalue weighted by molar-refractivity contribution is 5.81. The Morgan fingerprint density at radius 3 is 2.57 bits per heavy atom. The summed E-state index contributed by atoms with van der Waals surface area (Å²) in [4.78, 5) is 12.0. The number of aliphatic hydroxyl groups is 1. The van der Waals surface area contributed by atoms with Crippen molar-refractivity contribution >= 4 is 5.91 Å². The molecule has 2 N–H and O–H groups in total. The predicted octanol–water partition coefficient (Wildman–Crippen LogP) is 2.95. The fourth-order valence-corrected chi connectivity index (χ4v) is 2.12. The molecule has 1 unspecified atom stereocenters. The van der Waals surface area contributed by atoms with Gasteiger partial charge in [0.1, 0.15) is 5.75 Å². The Bertz CT molecular complexity index is 662. The lowest BCUT2D eigenvalue weighted by molar-refractivity contribution is -0.129. The number of aryl methyl sites for hydroxylation is 1. The van der Waals surface area contributed by atoms with Gasteiger partial charge in [-0.3, -0.25) is 4.79 Å². The molecule has 0 aliphatic carbocycles. The molecule has 0 saturated heterocycles. The number of alkyl halides is 2. The number of ether oxygens (including phenoxy) is 1. The Balaban J connectivity index is 2.05. The number of aliphatic hydroxyl groups excluding tert-OH is 1. The average molecular weight is 321 g/mol. The third kappa shape index (κ3) is 4.75. The van der Waals surface area contributed by atoms with Crippen LogP contribution < -0.4 is 10.1 Å². The lowest BCUT2D eigenvalue weighted by atomic mass is 10.1. The van der Waals surface area contributed by atoms with E-state index in [2.05, 4.69) is 10.1 Å². The summed E-state index contributed by atoms with van der Waals surface area (Å²) in [6.07, 6.45) is -1.32. The van der Waals surface area contributed by atoms with Crippen LogP contribution >= 0.6 is 0 Å². The molecule has 4 nitrogen and oxygen atoms in total. The molecule has 2 aromatic rings. The van der Waals surface area contributed by atoms with Crippen LogP contribution in [0.1, 0.15) is 22.8 Å². The van der Waals surface area contributed by atoms with Crippen molar-refractivity contribution in [2.75, 3.05) is 0 Å². The molecule has 0 heterocycles. The molecule has 0 spiro atoms. The summed E-state index contributed by atoms with van der Waals surface area (Å²) in [6, 6.07) is 13.2. The quantitative estimate of drug-likeness (QED) is 0.860. The Labute approximate surface area is 132 Å². The number of rotatable bonds is 6. The van der Waals surface area contributed by atoms with Crippen LogP contribution in [-0.2, 0) is 11.3 Å².